The summed E-state index contributed by atoms with van der Waals surface area (Å²) in [5.41, 5.74) is 2.61. The van der Waals surface area contributed by atoms with Crippen LogP contribution in [-0.2, 0) is 9.84 Å². The van der Waals surface area contributed by atoms with Gasteiger partial charge in [-0.05, 0) is 61.4 Å². The Balaban J connectivity index is 1.81. The van der Waals surface area contributed by atoms with Gasteiger partial charge in [-0.2, -0.15) is 0 Å². The summed E-state index contributed by atoms with van der Waals surface area (Å²) in [6.45, 7) is 3.76. The SMILES string of the molecule is COc1ccc(NC(=O)c2ccc(S(=O)(=O)c3ccc(C)c(C)c3)nc2)cc1OC. The van der Waals surface area contributed by atoms with Crippen molar-refractivity contribution < 1.29 is 22.7 Å². The first-order valence-corrected chi connectivity index (χ1v) is 10.6. The van der Waals surface area contributed by atoms with E-state index in [0.717, 1.165) is 11.1 Å². The lowest BCUT2D eigenvalue weighted by atomic mass is 10.1. The highest BCUT2D eigenvalue weighted by molar-refractivity contribution is 7.91. The molecule has 1 N–H and O–H groups in total. The number of carbonyl (C=O) groups excluding carboxylic acids is 1. The topological polar surface area (TPSA) is 94.6 Å². The number of pyridine rings is 1. The zero-order valence-electron chi connectivity index (χ0n) is 17.1. The Kier molecular flexibility index (Phi) is 6.07. The summed E-state index contributed by atoms with van der Waals surface area (Å²) in [5, 5.41) is 2.61. The number of benzene rings is 2. The van der Waals surface area contributed by atoms with Crippen LogP contribution in [0.5, 0.6) is 11.5 Å². The van der Waals surface area contributed by atoms with Crippen LogP contribution in [0.2, 0.25) is 0 Å². The highest BCUT2D eigenvalue weighted by atomic mass is 32.2. The molecule has 0 aliphatic carbocycles. The minimum atomic E-state index is -3.77. The molecule has 0 aliphatic heterocycles. The second kappa shape index (κ2) is 8.54. The number of hydrogen-bond acceptors (Lipinski definition) is 6. The molecule has 0 radical (unpaired) electrons. The van der Waals surface area contributed by atoms with Crippen molar-refractivity contribution in [3.8, 4) is 11.5 Å². The lowest BCUT2D eigenvalue weighted by Gasteiger charge is -2.11. The quantitative estimate of drug-likeness (QED) is 0.644. The van der Waals surface area contributed by atoms with Gasteiger partial charge in [0.2, 0.25) is 9.84 Å². The summed E-state index contributed by atoms with van der Waals surface area (Å²) in [7, 11) is -0.744. The number of carbonyl (C=O) groups is 1. The fourth-order valence-electron chi connectivity index (χ4n) is 2.79. The summed E-state index contributed by atoms with van der Waals surface area (Å²) < 4.78 is 36.0. The molecule has 0 unspecified atom stereocenters. The minimum absolute atomic E-state index is 0.117. The summed E-state index contributed by atoms with van der Waals surface area (Å²) >= 11 is 0. The highest BCUT2D eigenvalue weighted by Gasteiger charge is 2.20. The third-order valence-corrected chi connectivity index (χ3v) is 6.37. The second-order valence-electron chi connectivity index (χ2n) is 6.66. The van der Waals surface area contributed by atoms with Crippen LogP contribution in [-0.4, -0.2) is 33.5 Å². The van der Waals surface area contributed by atoms with Gasteiger partial charge in [-0.15, -0.1) is 0 Å². The van der Waals surface area contributed by atoms with Gasteiger partial charge in [-0.3, -0.25) is 4.79 Å². The predicted molar refractivity (Wildman–Crippen MR) is 113 cm³/mol. The number of anilines is 1. The average molecular weight is 426 g/mol. The van der Waals surface area contributed by atoms with Crippen LogP contribution in [0, 0.1) is 13.8 Å². The van der Waals surface area contributed by atoms with E-state index in [1.54, 1.807) is 36.4 Å². The number of aryl methyl sites for hydroxylation is 2. The van der Waals surface area contributed by atoms with E-state index in [-0.39, 0.29) is 15.5 Å². The molecule has 30 heavy (non-hydrogen) atoms. The molecule has 7 nitrogen and oxygen atoms in total. The summed E-state index contributed by atoms with van der Waals surface area (Å²) in [6.07, 6.45) is 1.24. The van der Waals surface area contributed by atoms with Crippen LogP contribution in [0.4, 0.5) is 5.69 Å². The predicted octanol–water partition coefficient (Wildman–Crippen LogP) is 3.80. The number of ether oxygens (including phenoxy) is 2. The first-order valence-electron chi connectivity index (χ1n) is 9.08. The molecule has 0 saturated heterocycles. The zero-order chi connectivity index (χ0) is 21.9. The van der Waals surface area contributed by atoms with E-state index in [0.29, 0.717) is 17.2 Å². The number of hydrogen-bond donors (Lipinski definition) is 1. The fourth-order valence-corrected chi connectivity index (χ4v) is 4.05. The lowest BCUT2D eigenvalue weighted by molar-refractivity contribution is 0.102. The maximum atomic E-state index is 12.8. The molecule has 0 atom stereocenters. The van der Waals surface area contributed by atoms with Gasteiger partial charge in [-0.25, -0.2) is 13.4 Å². The Bertz CT molecular complexity index is 1190. The summed E-state index contributed by atoms with van der Waals surface area (Å²) in [5.74, 6) is 0.589. The highest BCUT2D eigenvalue weighted by Crippen LogP contribution is 2.30. The maximum absolute atomic E-state index is 12.8. The van der Waals surface area contributed by atoms with Gasteiger partial charge >= 0.3 is 0 Å². The number of nitrogens with zero attached hydrogens (tertiary/aromatic N) is 1. The number of methoxy groups -OCH3 is 2. The molecule has 8 heteroatoms. The van der Waals surface area contributed by atoms with Crippen molar-refractivity contribution in [2.75, 3.05) is 19.5 Å². The third-order valence-electron chi connectivity index (χ3n) is 4.70. The van der Waals surface area contributed by atoms with Crippen molar-refractivity contribution in [2.45, 2.75) is 23.8 Å². The van der Waals surface area contributed by atoms with Crippen molar-refractivity contribution in [3.63, 3.8) is 0 Å². The van der Waals surface area contributed by atoms with Crippen LogP contribution >= 0.6 is 0 Å². The Hall–Kier alpha value is -3.39. The van der Waals surface area contributed by atoms with Gasteiger partial charge in [0, 0.05) is 18.0 Å². The fraction of sp³-hybridized carbons (Fsp3) is 0.182. The number of nitrogens with one attached hydrogen (secondary N) is 1. The molecule has 3 aromatic rings. The van der Waals surface area contributed by atoms with Crippen LogP contribution in [0.15, 0.2) is 64.6 Å². The molecule has 0 bridgehead atoms. The van der Waals surface area contributed by atoms with Crippen LogP contribution in [0.3, 0.4) is 0 Å². The first kappa shape index (κ1) is 21.3. The Morgan fingerprint density at radius 1 is 0.900 bits per heavy atom. The first-order chi connectivity index (χ1) is 14.3. The molecule has 0 aliphatic rings. The molecule has 0 fully saturated rings. The second-order valence-corrected chi connectivity index (χ2v) is 8.56. The molecular weight excluding hydrogens is 404 g/mol. The Morgan fingerprint density at radius 2 is 1.63 bits per heavy atom. The van der Waals surface area contributed by atoms with E-state index in [1.165, 1.54) is 32.5 Å². The standard InChI is InChI=1S/C22H22N2O5S/c1-14-5-8-18(11-15(14)2)30(26,27)21-10-6-16(13-23-21)22(25)24-17-7-9-19(28-3)20(12-17)29-4/h5-13H,1-4H3,(H,24,25). The van der Waals surface area contributed by atoms with Gasteiger partial charge < -0.3 is 14.8 Å². The number of aromatic nitrogens is 1. The van der Waals surface area contributed by atoms with Gasteiger partial charge in [0.05, 0.1) is 24.7 Å². The van der Waals surface area contributed by atoms with Crippen molar-refractivity contribution in [3.05, 3.63) is 71.4 Å². The monoisotopic (exact) mass is 426 g/mol. The summed E-state index contributed by atoms with van der Waals surface area (Å²) in [4.78, 5) is 16.7. The zero-order valence-corrected chi connectivity index (χ0v) is 17.9. The molecule has 2 aromatic carbocycles. The number of amides is 1. The van der Waals surface area contributed by atoms with E-state index < -0.39 is 15.7 Å². The number of rotatable bonds is 6. The van der Waals surface area contributed by atoms with Gasteiger partial charge in [0.25, 0.3) is 5.91 Å². The molecule has 156 valence electrons. The van der Waals surface area contributed by atoms with Crippen molar-refractivity contribution in [1.29, 1.82) is 0 Å². The Labute approximate surface area is 175 Å². The van der Waals surface area contributed by atoms with E-state index in [1.807, 2.05) is 13.8 Å². The van der Waals surface area contributed by atoms with Crippen molar-refractivity contribution in [2.24, 2.45) is 0 Å². The van der Waals surface area contributed by atoms with Crippen molar-refractivity contribution in [1.82, 2.24) is 4.98 Å². The minimum Gasteiger partial charge on any atom is -0.493 e. The molecular formula is C22H22N2O5S. The van der Waals surface area contributed by atoms with E-state index in [9.17, 15) is 13.2 Å². The third kappa shape index (κ3) is 4.28. The van der Waals surface area contributed by atoms with E-state index in [2.05, 4.69) is 10.3 Å². The van der Waals surface area contributed by atoms with E-state index in [4.69, 9.17) is 9.47 Å². The summed E-state index contributed by atoms with van der Waals surface area (Å²) in [6, 6.07) is 12.7. The molecule has 0 spiro atoms. The van der Waals surface area contributed by atoms with Crippen LogP contribution in [0.25, 0.3) is 0 Å². The maximum Gasteiger partial charge on any atom is 0.257 e. The molecule has 3 rings (SSSR count). The number of sulfone groups is 1. The van der Waals surface area contributed by atoms with Crippen LogP contribution < -0.4 is 14.8 Å². The molecule has 1 heterocycles. The lowest BCUT2D eigenvalue weighted by Crippen LogP contribution is -2.13. The smallest absolute Gasteiger partial charge is 0.257 e. The normalized spacial score (nSPS) is 11.1. The van der Waals surface area contributed by atoms with Gasteiger partial charge in [0.15, 0.2) is 16.5 Å². The van der Waals surface area contributed by atoms with E-state index >= 15 is 0 Å². The Morgan fingerprint density at radius 3 is 2.23 bits per heavy atom. The van der Waals surface area contributed by atoms with Gasteiger partial charge in [-0.1, -0.05) is 6.07 Å². The van der Waals surface area contributed by atoms with Gasteiger partial charge in [0.1, 0.15) is 0 Å². The molecule has 1 aromatic heterocycles. The van der Waals surface area contributed by atoms with Crippen LogP contribution in [0.1, 0.15) is 21.5 Å². The largest absolute Gasteiger partial charge is 0.493 e. The average Bonchev–Trinajstić information content (AvgIpc) is 2.75. The molecule has 0 saturated carbocycles. The van der Waals surface area contributed by atoms with Crippen molar-refractivity contribution >= 4 is 21.4 Å². The molecule has 1 amide bonds.